The van der Waals surface area contributed by atoms with Crippen molar-refractivity contribution in [1.82, 2.24) is 0 Å². The molecular formula is C53H100O16. The first-order chi connectivity index (χ1) is 33.8. The Kier molecular flexibility index (Phi) is 34.9. The molecule has 0 bridgehead atoms. The smallest absolute Gasteiger partial charge is 0.187 e. The van der Waals surface area contributed by atoms with Crippen molar-refractivity contribution in [2.75, 3.05) is 79.3 Å². The van der Waals surface area contributed by atoms with Crippen LogP contribution in [0.1, 0.15) is 158 Å². The van der Waals surface area contributed by atoms with Gasteiger partial charge in [0.2, 0.25) is 0 Å². The van der Waals surface area contributed by atoms with Crippen LogP contribution in [0, 0.1) is 0 Å². The Labute approximate surface area is 417 Å². The summed E-state index contributed by atoms with van der Waals surface area (Å²) in [6.45, 7) is 24.6. The van der Waals surface area contributed by atoms with E-state index in [4.69, 9.17) is 66.3 Å². The third-order valence-electron chi connectivity index (χ3n) is 12.6. The zero-order valence-electron chi connectivity index (χ0n) is 44.4. The van der Waals surface area contributed by atoms with Crippen molar-refractivity contribution < 1.29 is 76.5 Å². The molecule has 6 unspecified atom stereocenters. The highest BCUT2D eigenvalue weighted by Gasteiger charge is 2.57. The molecule has 0 saturated carbocycles. The number of rotatable bonds is 42. The van der Waals surface area contributed by atoms with Crippen LogP contribution in [-0.4, -0.2) is 182 Å². The highest BCUT2D eigenvalue weighted by atomic mass is 16.8. The average molecular weight is 993 g/mol. The molecule has 3 rings (SSSR count). The van der Waals surface area contributed by atoms with Crippen LogP contribution in [0.2, 0.25) is 0 Å². The van der Waals surface area contributed by atoms with E-state index in [0.29, 0.717) is 52.9 Å². The Balaban J connectivity index is 2.22. The van der Waals surface area contributed by atoms with Crippen LogP contribution in [-0.2, 0) is 66.3 Å². The highest BCUT2D eigenvalue weighted by Crippen LogP contribution is 2.38. The minimum absolute atomic E-state index is 0.138. The number of hydrogen-bond acceptors (Lipinski definition) is 16. The molecule has 69 heavy (non-hydrogen) atoms. The van der Waals surface area contributed by atoms with Gasteiger partial charge in [-0.1, -0.05) is 113 Å². The Bertz CT molecular complexity index is 1220. The van der Waals surface area contributed by atoms with Gasteiger partial charge in [-0.25, -0.2) is 0 Å². The molecule has 3 heterocycles. The lowest BCUT2D eigenvalue weighted by Crippen LogP contribution is -2.68. The lowest BCUT2D eigenvalue weighted by Gasteiger charge is -2.51. The average Bonchev–Trinajstić information content (AvgIpc) is 3.35. The maximum absolute atomic E-state index is 12.4. The molecule has 16 nitrogen and oxygen atoms in total. The Morgan fingerprint density at radius 1 is 0.391 bits per heavy atom. The summed E-state index contributed by atoms with van der Waals surface area (Å²) in [5.74, 6) is 0. The van der Waals surface area contributed by atoms with Gasteiger partial charge in [0, 0.05) is 52.9 Å². The molecule has 3 aliphatic heterocycles. The van der Waals surface area contributed by atoms with Crippen LogP contribution in [0.5, 0.6) is 0 Å². The van der Waals surface area contributed by atoms with Gasteiger partial charge in [-0.05, 0) is 51.4 Å². The third-order valence-corrected chi connectivity index (χ3v) is 12.6. The summed E-state index contributed by atoms with van der Waals surface area (Å²) < 4.78 is 93.4. The normalized spacial score (nSPS) is 31.9. The van der Waals surface area contributed by atoms with Crippen molar-refractivity contribution in [3.63, 3.8) is 0 Å². The first-order valence-corrected chi connectivity index (χ1v) is 27.5. The second kappa shape index (κ2) is 38.6. The summed E-state index contributed by atoms with van der Waals surface area (Å²) in [6.07, 6.45) is 2.40. The van der Waals surface area contributed by atoms with Crippen LogP contribution in [0.4, 0.5) is 0 Å². The van der Waals surface area contributed by atoms with E-state index >= 15 is 0 Å². The molecule has 0 radical (unpaired) electrons. The fourth-order valence-electron chi connectivity index (χ4n) is 8.42. The van der Waals surface area contributed by atoms with Crippen LogP contribution >= 0.6 is 0 Å². The molecule has 3 saturated heterocycles. The first-order valence-electron chi connectivity index (χ1n) is 27.5. The van der Waals surface area contributed by atoms with Crippen LogP contribution < -0.4 is 0 Å². The SMILES string of the molecule is C=CCO[C@H]1OC(CO)[C@@H](O[C@@H]2OC(COCCCC)[C@@H](OCCCC)[C@H](OCCCC)C2O)[C@H](O[C@@H]2OC(COCCCC)[C@@H](OCCCC)C(OCCCC)[C@@H]2OCCCC)C1OCCCC. The quantitative estimate of drug-likeness (QED) is 0.0443. The Morgan fingerprint density at radius 2 is 0.754 bits per heavy atom. The predicted octanol–water partition coefficient (Wildman–Crippen LogP) is 8.23. The van der Waals surface area contributed by atoms with Crippen molar-refractivity contribution in [2.24, 2.45) is 0 Å². The molecule has 3 aliphatic rings. The third kappa shape index (κ3) is 21.5. The van der Waals surface area contributed by atoms with Gasteiger partial charge in [-0.3, -0.25) is 0 Å². The summed E-state index contributed by atoms with van der Waals surface area (Å²) in [5, 5.41) is 23.6. The zero-order chi connectivity index (χ0) is 50.1. The zero-order valence-corrected chi connectivity index (χ0v) is 44.4. The van der Waals surface area contributed by atoms with E-state index in [9.17, 15) is 10.2 Å². The van der Waals surface area contributed by atoms with Crippen molar-refractivity contribution in [3.05, 3.63) is 12.7 Å². The van der Waals surface area contributed by atoms with Gasteiger partial charge in [0.05, 0.1) is 26.4 Å². The lowest BCUT2D eigenvalue weighted by atomic mass is 9.95. The Hall–Kier alpha value is -0.900. The molecule has 0 spiro atoms. The highest BCUT2D eigenvalue weighted by molar-refractivity contribution is 4.99. The van der Waals surface area contributed by atoms with Crippen molar-refractivity contribution in [1.29, 1.82) is 0 Å². The lowest BCUT2D eigenvalue weighted by molar-refractivity contribution is -0.395. The fraction of sp³-hybridized carbons (Fsp3) is 0.962. The summed E-state index contributed by atoms with van der Waals surface area (Å²) >= 11 is 0. The number of unbranched alkanes of at least 4 members (excludes halogenated alkanes) is 8. The van der Waals surface area contributed by atoms with E-state index in [1.54, 1.807) is 6.08 Å². The standard InChI is InChI=1S/C53H100O16/c1-10-19-28-56-37-40-43(58-30-21-12-3)46(60-32-23-14-5)42(55)51(66-40)68-45-39(36-54)65-52(64-27-18-9)50(63-35-26-17-8)48(45)69-53-49(62-34-25-16-7)47(61-33-24-15-6)44(59-31-22-13-4)41(67-53)38-57-29-20-11-2/h18,39-55H,9-17,19-38H2,1-8H3/t39?,40?,41?,42?,43-,44-,45-,46-,47?,48+,49+,50?,51+,52+,53+/m1/s1. The minimum Gasteiger partial charge on any atom is -0.394 e. The van der Waals surface area contributed by atoms with E-state index < -0.39 is 98.7 Å². The Morgan fingerprint density at radius 3 is 1.20 bits per heavy atom. The maximum atomic E-state index is 12.4. The van der Waals surface area contributed by atoms with E-state index in [-0.39, 0.29) is 19.8 Å². The summed E-state index contributed by atoms with van der Waals surface area (Å²) in [4.78, 5) is 0. The number of aliphatic hydroxyl groups excluding tert-OH is 2. The molecule has 0 aromatic heterocycles. The molecule has 0 amide bonds. The number of aliphatic hydroxyl groups is 2. The second-order valence-electron chi connectivity index (χ2n) is 18.6. The van der Waals surface area contributed by atoms with E-state index in [2.05, 4.69) is 62.0 Å². The molecule has 3 fully saturated rings. The number of ether oxygens (including phenoxy) is 14. The molecular weight excluding hydrogens is 893 g/mol. The van der Waals surface area contributed by atoms with Crippen molar-refractivity contribution >= 4 is 0 Å². The summed E-state index contributed by atoms with van der Waals surface area (Å²) in [6, 6.07) is 0. The van der Waals surface area contributed by atoms with Crippen molar-refractivity contribution in [3.8, 4) is 0 Å². The minimum atomic E-state index is -1.31. The van der Waals surface area contributed by atoms with E-state index in [1.165, 1.54) is 0 Å². The molecule has 2 N–H and O–H groups in total. The second-order valence-corrected chi connectivity index (χ2v) is 18.6. The molecule has 16 heteroatoms. The molecule has 0 aromatic carbocycles. The van der Waals surface area contributed by atoms with Crippen LogP contribution in [0.3, 0.4) is 0 Å². The van der Waals surface area contributed by atoms with E-state index in [1.807, 2.05) is 0 Å². The fourth-order valence-corrected chi connectivity index (χ4v) is 8.42. The molecule has 0 aromatic rings. The van der Waals surface area contributed by atoms with Gasteiger partial charge >= 0.3 is 0 Å². The predicted molar refractivity (Wildman–Crippen MR) is 264 cm³/mol. The molecule has 0 aliphatic carbocycles. The number of hydrogen-bond donors (Lipinski definition) is 2. The van der Waals surface area contributed by atoms with Gasteiger partial charge in [0.15, 0.2) is 18.9 Å². The molecule has 408 valence electrons. The largest absolute Gasteiger partial charge is 0.394 e. The van der Waals surface area contributed by atoms with Crippen LogP contribution in [0.15, 0.2) is 12.7 Å². The maximum Gasteiger partial charge on any atom is 0.187 e. The van der Waals surface area contributed by atoms with Gasteiger partial charge in [0.25, 0.3) is 0 Å². The van der Waals surface area contributed by atoms with Gasteiger partial charge in [0.1, 0.15) is 73.2 Å². The van der Waals surface area contributed by atoms with E-state index in [0.717, 1.165) is 103 Å². The van der Waals surface area contributed by atoms with Gasteiger partial charge < -0.3 is 76.5 Å². The van der Waals surface area contributed by atoms with Gasteiger partial charge in [-0.15, -0.1) is 6.58 Å². The molecule has 15 atom stereocenters. The topological polar surface area (TPSA) is 170 Å². The van der Waals surface area contributed by atoms with Crippen LogP contribution in [0.25, 0.3) is 0 Å². The summed E-state index contributed by atoms with van der Waals surface area (Å²) in [5.41, 5.74) is 0. The van der Waals surface area contributed by atoms with Crippen molar-refractivity contribution in [2.45, 2.75) is 250 Å². The van der Waals surface area contributed by atoms with Gasteiger partial charge in [-0.2, -0.15) is 0 Å². The monoisotopic (exact) mass is 993 g/mol. The summed E-state index contributed by atoms with van der Waals surface area (Å²) in [7, 11) is 0. The first kappa shape index (κ1) is 62.4.